The van der Waals surface area contributed by atoms with Gasteiger partial charge in [0, 0.05) is 0 Å². The monoisotopic (exact) mass is 241 g/mol. The Kier molecular flexibility index (Phi) is 6.59. The fraction of sp³-hybridized carbons (Fsp3) is 0.333. The molecule has 0 aliphatic heterocycles. The second-order valence-corrected chi connectivity index (χ2v) is 3.48. The Labute approximate surface area is 102 Å². The van der Waals surface area contributed by atoms with Gasteiger partial charge in [0.25, 0.3) is 0 Å². The molecule has 0 saturated carbocycles. The van der Waals surface area contributed by atoms with E-state index in [1.54, 1.807) is 12.1 Å². The highest BCUT2D eigenvalue weighted by Crippen LogP contribution is 2.18. The van der Waals surface area contributed by atoms with Gasteiger partial charge in [0.1, 0.15) is 24.5 Å². The van der Waals surface area contributed by atoms with Crippen LogP contribution >= 0.6 is 0 Å². The topological polar surface area (TPSA) is 57.1 Å². The van der Waals surface area contributed by atoms with Gasteiger partial charge in [-0.25, -0.2) is 0 Å². The van der Waals surface area contributed by atoms with Crippen LogP contribution in [0.3, 0.4) is 0 Å². The number of terminal acetylenes is 1. The van der Waals surface area contributed by atoms with Gasteiger partial charge in [-0.1, -0.05) is 18.1 Å². The molecule has 2 unspecified atom stereocenters. The molecule has 1 aromatic rings. The van der Waals surface area contributed by atoms with Gasteiger partial charge in [-0.2, -0.15) is 0 Å². The highest BCUT2D eigenvalue weighted by atomic mass is 35.5. The van der Waals surface area contributed by atoms with Crippen molar-refractivity contribution in [1.29, 1.82) is 0 Å². The van der Waals surface area contributed by atoms with E-state index in [4.69, 9.17) is 11.2 Å². The summed E-state index contributed by atoms with van der Waals surface area (Å²) in [7, 11) is 0. The number of halogens is 1. The second-order valence-electron chi connectivity index (χ2n) is 3.48. The van der Waals surface area contributed by atoms with E-state index < -0.39 is 6.10 Å². The van der Waals surface area contributed by atoms with Gasteiger partial charge in [0.2, 0.25) is 0 Å². The highest BCUT2D eigenvalue weighted by Gasteiger charge is 2.14. The van der Waals surface area contributed by atoms with E-state index in [0.29, 0.717) is 5.75 Å². The van der Waals surface area contributed by atoms with E-state index in [9.17, 15) is 5.11 Å². The number of ether oxygens (including phenoxy) is 1. The van der Waals surface area contributed by atoms with E-state index >= 15 is 0 Å². The number of hydrogen-bond acceptors (Lipinski definition) is 2. The van der Waals surface area contributed by atoms with Crippen molar-refractivity contribution in [2.75, 3.05) is 6.61 Å². The first-order valence-electron chi connectivity index (χ1n) is 4.82. The van der Waals surface area contributed by atoms with Gasteiger partial charge >= 0.3 is 0 Å². The number of benzene rings is 1. The summed E-state index contributed by atoms with van der Waals surface area (Å²) in [4.78, 5) is 0. The molecule has 88 valence electrons. The highest BCUT2D eigenvalue weighted by molar-refractivity contribution is 5.29. The fourth-order valence-electron chi connectivity index (χ4n) is 1.21. The first kappa shape index (κ1) is 14.8. The Morgan fingerprint density at radius 3 is 2.44 bits per heavy atom. The standard InChI is InChI=1S/C12H15NO2.ClH/c1-3-8-15-11-6-4-10(5-7-11)12(14)9(2)13;/h1,4-7,9,12,14H,8,13H2,2H3;1H. The van der Waals surface area contributed by atoms with Gasteiger partial charge in [-0.05, 0) is 24.6 Å². The molecular formula is C12H16ClNO2. The molecular weight excluding hydrogens is 226 g/mol. The minimum Gasteiger partial charge on any atom is -1.00 e. The zero-order chi connectivity index (χ0) is 11.3. The molecule has 0 aliphatic carbocycles. The molecule has 0 bridgehead atoms. The van der Waals surface area contributed by atoms with Crippen LogP contribution in [-0.4, -0.2) is 17.8 Å². The Hall–Kier alpha value is -1.21. The smallest absolute Gasteiger partial charge is 0.148 e. The van der Waals surface area contributed by atoms with Gasteiger partial charge in [0.05, 0.1) is 0 Å². The Morgan fingerprint density at radius 2 is 2.00 bits per heavy atom. The molecule has 4 heteroatoms. The Balaban J connectivity index is 0.00000225. The van der Waals surface area contributed by atoms with Crippen molar-refractivity contribution in [3.8, 4) is 18.1 Å². The second kappa shape index (κ2) is 7.13. The van der Waals surface area contributed by atoms with Crippen LogP contribution in [0.25, 0.3) is 0 Å². The molecule has 1 aromatic carbocycles. The molecule has 0 radical (unpaired) electrons. The van der Waals surface area contributed by atoms with Crippen molar-refractivity contribution in [2.24, 2.45) is 0 Å². The third-order valence-corrected chi connectivity index (χ3v) is 2.08. The van der Waals surface area contributed by atoms with Crippen LogP contribution in [0.2, 0.25) is 0 Å². The number of hydrogen-bond donors (Lipinski definition) is 2. The van der Waals surface area contributed by atoms with Crippen molar-refractivity contribution in [2.45, 2.75) is 19.1 Å². The minimum atomic E-state index is -0.535. The molecule has 2 atom stereocenters. The van der Waals surface area contributed by atoms with E-state index in [-0.39, 0.29) is 25.1 Å². The third-order valence-electron chi connectivity index (χ3n) is 2.08. The summed E-state index contributed by atoms with van der Waals surface area (Å²) in [6.07, 6.45) is 4.54. The lowest BCUT2D eigenvalue weighted by Gasteiger charge is -2.12. The molecule has 0 aliphatic rings. The summed E-state index contributed by atoms with van der Waals surface area (Å²) in [5, 5.41) is 9.73. The molecule has 4 N–H and O–H groups in total. The van der Waals surface area contributed by atoms with Gasteiger partial charge in [0.15, 0.2) is 0 Å². The Bertz CT molecular complexity index is 343. The lowest BCUT2D eigenvalue weighted by molar-refractivity contribution is -0.433. The summed E-state index contributed by atoms with van der Waals surface area (Å²) in [5.74, 6) is 3.10. The maximum absolute atomic E-state index is 9.73. The van der Waals surface area contributed by atoms with Crippen LogP contribution in [0.5, 0.6) is 5.75 Å². The summed E-state index contributed by atoms with van der Waals surface area (Å²) >= 11 is 0. The maximum Gasteiger partial charge on any atom is 0.148 e. The molecule has 1 rings (SSSR count). The molecule has 0 heterocycles. The number of quaternary nitrogens is 1. The van der Waals surface area contributed by atoms with Crippen molar-refractivity contribution < 1.29 is 28.0 Å². The van der Waals surface area contributed by atoms with Crippen molar-refractivity contribution >= 4 is 0 Å². The van der Waals surface area contributed by atoms with Crippen LogP contribution in [0.1, 0.15) is 18.6 Å². The molecule has 0 aromatic heterocycles. The van der Waals surface area contributed by atoms with Gasteiger partial charge < -0.3 is 28.0 Å². The van der Waals surface area contributed by atoms with Gasteiger partial charge in [-0.3, -0.25) is 0 Å². The number of aliphatic hydroxyl groups is 1. The summed E-state index contributed by atoms with van der Waals surface area (Å²) < 4.78 is 5.22. The summed E-state index contributed by atoms with van der Waals surface area (Å²) in [5.41, 5.74) is 4.62. The third kappa shape index (κ3) is 4.11. The van der Waals surface area contributed by atoms with Crippen LogP contribution in [0, 0.1) is 12.3 Å². The molecule has 0 amide bonds. The minimum absolute atomic E-state index is 0. The van der Waals surface area contributed by atoms with Crippen molar-refractivity contribution in [3.63, 3.8) is 0 Å². The normalized spacial score (nSPS) is 13.1. The predicted octanol–water partition coefficient (Wildman–Crippen LogP) is -2.63. The van der Waals surface area contributed by atoms with Crippen molar-refractivity contribution in [3.05, 3.63) is 29.8 Å². The average Bonchev–Trinajstić information content (AvgIpc) is 2.26. The van der Waals surface area contributed by atoms with Crippen LogP contribution in [0.4, 0.5) is 0 Å². The predicted molar refractivity (Wildman–Crippen MR) is 58.1 cm³/mol. The number of aliphatic hydroxyl groups excluding tert-OH is 1. The summed E-state index contributed by atoms with van der Waals surface area (Å²) in [6.45, 7) is 2.13. The molecule has 16 heavy (non-hydrogen) atoms. The number of rotatable bonds is 4. The SMILES string of the molecule is C#CCOc1ccc(C(O)C(C)[NH3+])cc1.[Cl-]. The molecule has 0 saturated heterocycles. The lowest BCUT2D eigenvalue weighted by Crippen LogP contribution is -3.00. The zero-order valence-electron chi connectivity index (χ0n) is 9.19. The average molecular weight is 242 g/mol. The fourth-order valence-corrected chi connectivity index (χ4v) is 1.21. The van der Waals surface area contributed by atoms with Gasteiger partial charge in [-0.15, -0.1) is 6.42 Å². The van der Waals surface area contributed by atoms with Crippen LogP contribution in [0.15, 0.2) is 24.3 Å². The van der Waals surface area contributed by atoms with E-state index in [1.807, 2.05) is 19.1 Å². The Morgan fingerprint density at radius 1 is 1.44 bits per heavy atom. The van der Waals surface area contributed by atoms with Crippen LogP contribution < -0.4 is 22.9 Å². The largest absolute Gasteiger partial charge is 1.00 e. The van der Waals surface area contributed by atoms with E-state index in [1.165, 1.54) is 0 Å². The van der Waals surface area contributed by atoms with Crippen LogP contribution in [-0.2, 0) is 0 Å². The summed E-state index contributed by atoms with van der Waals surface area (Å²) in [6, 6.07) is 7.18. The van der Waals surface area contributed by atoms with E-state index in [0.717, 1.165) is 5.56 Å². The van der Waals surface area contributed by atoms with Crippen molar-refractivity contribution in [1.82, 2.24) is 0 Å². The first-order valence-corrected chi connectivity index (χ1v) is 4.82. The lowest BCUT2D eigenvalue weighted by atomic mass is 10.0. The zero-order valence-corrected chi connectivity index (χ0v) is 9.95. The maximum atomic E-state index is 9.73. The quantitative estimate of drug-likeness (QED) is 0.567. The molecule has 3 nitrogen and oxygen atoms in total. The van der Waals surface area contributed by atoms with E-state index in [2.05, 4.69) is 11.7 Å². The molecule has 0 spiro atoms. The molecule has 0 fully saturated rings. The first-order chi connectivity index (χ1) is 7.15.